The molecule has 0 radical (unpaired) electrons. The molecule has 1 aromatic rings. The summed E-state index contributed by atoms with van der Waals surface area (Å²) in [6.45, 7) is 5.10. The molecule has 4 heteroatoms. The third kappa shape index (κ3) is 4.03. The molecular weight excluding hydrogens is 256 g/mol. The van der Waals surface area contributed by atoms with Crippen molar-refractivity contribution in [3.63, 3.8) is 0 Å². The number of ether oxygens (including phenoxy) is 1. The zero-order valence-electron chi connectivity index (χ0n) is 11.9. The molecular formula is C15H24N2OS. The second kappa shape index (κ2) is 7.63. The largest absolute Gasteiger partial charge is 0.490 e. The van der Waals surface area contributed by atoms with Gasteiger partial charge in [0.05, 0.1) is 6.61 Å². The Morgan fingerprint density at radius 1 is 1.42 bits per heavy atom. The number of hydrogen-bond acceptors (Lipinski definition) is 4. The van der Waals surface area contributed by atoms with E-state index in [0.717, 1.165) is 24.6 Å². The lowest BCUT2D eigenvalue weighted by atomic mass is 10.2. The van der Waals surface area contributed by atoms with Gasteiger partial charge in [-0.15, -0.1) is 0 Å². The van der Waals surface area contributed by atoms with Crippen molar-refractivity contribution in [2.24, 2.45) is 0 Å². The van der Waals surface area contributed by atoms with Crippen molar-refractivity contribution in [3.8, 4) is 5.75 Å². The lowest BCUT2D eigenvalue weighted by Gasteiger charge is -2.22. The molecule has 1 saturated carbocycles. The summed E-state index contributed by atoms with van der Waals surface area (Å²) in [7, 11) is 0. The quantitative estimate of drug-likeness (QED) is 0.820. The van der Waals surface area contributed by atoms with Crippen LogP contribution in [0, 0.1) is 0 Å². The molecule has 0 bridgehead atoms. The molecule has 106 valence electrons. The smallest absolute Gasteiger partial charge is 0.169 e. The molecule has 0 saturated heterocycles. The molecule has 19 heavy (non-hydrogen) atoms. The second-order valence-electron chi connectivity index (χ2n) is 4.87. The summed E-state index contributed by atoms with van der Waals surface area (Å²) in [6.07, 6.45) is 6.72. The van der Waals surface area contributed by atoms with Crippen molar-refractivity contribution < 1.29 is 4.74 Å². The predicted octanol–water partition coefficient (Wildman–Crippen LogP) is 3.96. The van der Waals surface area contributed by atoms with Crippen molar-refractivity contribution in [2.75, 3.05) is 17.7 Å². The van der Waals surface area contributed by atoms with Crippen molar-refractivity contribution >= 4 is 17.6 Å². The lowest BCUT2D eigenvalue weighted by molar-refractivity contribution is 0.317. The third-order valence-corrected chi connectivity index (χ3v) is 4.71. The normalized spacial score (nSPS) is 22.4. The van der Waals surface area contributed by atoms with Crippen LogP contribution < -0.4 is 10.1 Å². The summed E-state index contributed by atoms with van der Waals surface area (Å²) < 4.78 is 5.76. The Hall–Kier alpha value is -0.900. The topological polar surface area (TPSA) is 34.1 Å². The number of pyridine rings is 1. The number of aromatic nitrogens is 1. The molecule has 0 aliphatic heterocycles. The number of nitrogens with one attached hydrogen (secondary N) is 1. The van der Waals surface area contributed by atoms with E-state index in [1.165, 1.54) is 25.0 Å². The Labute approximate surface area is 120 Å². The average Bonchev–Trinajstić information content (AvgIpc) is 2.86. The predicted molar refractivity (Wildman–Crippen MR) is 83.2 cm³/mol. The fourth-order valence-corrected chi connectivity index (χ4v) is 3.71. The SMILES string of the molecule is CCCOc1cccnc1NC1CCCC1SCC. The molecule has 1 aliphatic carbocycles. The molecule has 0 aromatic carbocycles. The molecule has 0 amide bonds. The maximum Gasteiger partial charge on any atom is 0.169 e. The monoisotopic (exact) mass is 280 g/mol. The van der Waals surface area contributed by atoms with Crippen molar-refractivity contribution in [2.45, 2.75) is 50.8 Å². The van der Waals surface area contributed by atoms with Gasteiger partial charge in [0.2, 0.25) is 0 Å². The highest BCUT2D eigenvalue weighted by molar-refractivity contribution is 7.99. The lowest BCUT2D eigenvalue weighted by Crippen LogP contribution is -2.27. The van der Waals surface area contributed by atoms with E-state index in [1.807, 2.05) is 18.3 Å². The van der Waals surface area contributed by atoms with E-state index >= 15 is 0 Å². The first-order valence-corrected chi connectivity index (χ1v) is 8.36. The number of nitrogens with zero attached hydrogens (tertiary/aromatic N) is 1. The Morgan fingerprint density at radius 2 is 2.32 bits per heavy atom. The fraction of sp³-hybridized carbons (Fsp3) is 0.667. The van der Waals surface area contributed by atoms with Crippen molar-refractivity contribution in [1.29, 1.82) is 0 Å². The van der Waals surface area contributed by atoms with E-state index in [0.29, 0.717) is 11.3 Å². The third-order valence-electron chi connectivity index (χ3n) is 3.39. The molecule has 2 rings (SSSR count). The van der Waals surface area contributed by atoms with Gasteiger partial charge in [-0.05, 0) is 37.1 Å². The summed E-state index contributed by atoms with van der Waals surface area (Å²) in [4.78, 5) is 4.44. The van der Waals surface area contributed by atoms with Crippen LogP contribution in [0.5, 0.6) is 5.75 Å². The van der Waals surface area contributed by atoms with Crippen molar-refractivity contribution in [3.05, 3.63) is 18.3 Å². The van der Waals surface area contributed by atoms with Crippen LogP contribution in [0.3, 0.4) is 0 Å². The van der Waals surface area contributed by atoms with Crippen LogP contribution in [0.25, 0.3) is 0 Å². The van der Waals surface area contributed by atoms with E-state index < -0.39 is 0 Å². The highest BCUT2D eigenvalue weighted by Crippen LogP contribution is 2.33. The van der Waals surface area contributed by atoms with Crippen LogP contribution in [0.2, 0.25) is 0 Å². The fourth-order valence-electron chi connectivity index (χ4n) is 2.51. The molecule has 3 nitrogen and oxygen atoms in total. The first-order valence-electron chi connectivity index (χ1n) is 7.31. The second-order valence-corrected chi connectivity index (χ2v) is 6.39. The molecule has 1 fully saturated rings. The van der Waals surface area contributed by atoms with Gasteiger partial charge >= 0.3 is 0 Å². The highest BCUT2D eigenvalue weighted by Gasteiger charge is 2.27. The minimum atomic E-state index is 0.531. The number of rotatable bonds is 7. The van der Waals surface area contributed by atoms with Crippen LogP contribution in [0.15, 0.2) is 18.3 Å². The molecule has 2 atom stereocenters. The van der Waals surface area contributed by atoms with Crippen LogP contribution >= 0.6 is 11.8 Å². The Balaban J connectivity index is 2.01. The first kappa shape index (κ1) is 14.5. The first-order chi connectivity index (χ1) is 9.35. The van der Waals surface area contributed by atoms with Crippen LogP contribution in [0.4, 0.5) is 5.82 Å². The maximum absolute atomic E-state index is 5.76. The van der Waals surface area contributed by atoms with E-state index in [1.54, 1.807) is 0 Å². The molecule has 1 heterocycles. The zero-order valence-corrected chi connectivity index (χ0v) is 12.7. The van der Waals surface area contributed by atoms with Gasteiger partial charge in [0.1, 0.15) is 0 Å². The van der Waals surface area contributed by atoms with Crippen LogP contribution in [0.1, 0.15) is 39.5 Å². The maximum atomic E-state index is 5.76. The van der Waals surface area contributed by atoms with Gasteiger partial charge in [0.25, 0.3) is 0 Å². The van der Waals surface area contributed by atoms with Crippen LogP contribution in [-0.4, -0.2) is 28.6 Å². The summed E-state index contributed by atoms with van der Waals surface area (Å²) in [5.74, 6) is 2.98. The zero-order chi connectivity index (χ0) is 13.5. The molecule has 1 aliphatic rings. The van der Waals surface area contributed by atoms with Gasteiger partial charge in [0.15, 0.2) is 11.6 Å². The van der Waals surface area contributed by atoms with E-state index in [4.69, 9.17) is 4.74 Å². The van der Waals surface area contributed by atoms with E-state index in [-0.39, 0.29) is 0 Å². The summed E-state index contributed by atoms with van der Waals surface area (Å²) in [5.41, 5.74) is 0. The summed E-state index contributed by atoms with van der Waals surface area (Å²) in [5, 5.41) is 4.31. The van der Waals surface area contributed by atoms with Gasteiger partial charge in [-0.1, -0.05) is 20.3 Å². The van der Waals surface area contributed by atoms with Crippen molar-refractivity contribution in [1.82, 2.24) is 4.98 Å². The van der Waals surface area contributed by atoms with Gasteiger partial charge in [0, 0.05) is 17.5 Å². The Bertz CT molecular complexity index is 386. The number of thioether (sulfide) groups is 1. The van der Waals surface area contributed by atoms with Gasteiger partial charge in [-0.3, -0.25) is 0 Å². The minimum absolute atomic E-state index is 0.531. The molecule has 1 aromatic heterocycles. The number of anilines is 1. The number of hydrogen-bond donors (Lipinski definition) is 1. The van der Waals surface area contributed by atoms with Crippen LogP contribution in [-0.2, 0) is 0 Å². The van der Waals surface area contributed by atoms with E-state index in [9.17, 15) is 0 Å². The minimum Gasteiger partial charge on any atom is -0.490 e. The average molecular weight is 280 g/mol. The molecule has 2 unspecified atom stereocenters. The van der Waals surface area contributed by atoms with Gasteiger partial charge in [-0.2, -0.15) is 11.8 Å². The van der Waals surface area contributed by atoms with Gasteiger partial charge < -0.3 is 10.1 Å². The standard InChI is InChI=1S/C15H24N2OS/c1-3-11-18-13-8-6-10-16-15(13)17-12-7-5-9-14(12)19-4-2/h6,8,10,12,14H,3-5,7,9,11H2,1-2H3,(H,16,17). The summed E-state index contributed by atoms with van der Waals surface area (Å²) >= 11 is 2.06. The van der Waals surface area contributed by atoms with Gasteiger partial charge in [-0.25, -0.2) is 4.98 Å². The summed E-state index contributed by atoms with van der Waals surface area (Å²) in [6, 6.07) is 4.47. The molecule has 0 spiro atoms. The molecule has 1 N–H and O–H groups in total. The highest BCUT2D eigenvalue weighted by atomic mass is 32.2. The van der Waals surface area contributed by atoms with E-state index in [2.05, 4.69) is 35.9 Å². The Kier molecular flexibility index (Phi) is 5.83. The Morgan fingerprint density at radius 3 is 3.11 bits per heavy atom.